The van der Waals surface area contributed by atoms with Gasteiger partial charge in [0, 0.05) is 5.56 Å². The summed E-state index contributed by atoms with van der Waals surface area (Å²) in [5.41, 5.74) is 6.70. The summed E-state index contributed by atoms with van der Waals surface area (Å²) in [6, 6.07) is 5.21. The molecular formula is C14H11N5O2S. The molecule has 0 amide bonds. The number of nitrogen functional groups attached to an aromatic ring is 1. The van der Waals surface area contributed by atoms with E-state index in [2.05, 4.69) is 14.8 Å². The predicted octanol–water partition coefficient (Wildman–Crippen LogP) is 2.18. The van der Waals surface area contributed by atoms with E-state index < -0.39 is 0 Å². The van der Waals surface area contributed by atoms with E-state index in [1.165, 1.54) is 6.20 Å². The highest BCUT2D eigenvalue weighted by atomic mass is 32.1. The van der Waals surface area contributed by atoms with Crippen LogP contribution in [0.15, 0.2) is 18.3 Å². The normalized spacial score (nSPS) is 9.77. The average molecular weight is 313 g/mol. The number of rotatable bonds is 4. The van der Waals surface area contributed by atoms with E-state index >= 15 is 0 Å². The molecule has 7 nitrogen and oxygen atoms in total. The Morgan fingerprint density at radius 3 is 2.86 bits per heavy atom. The van der Waals surface area contributed by atoms with Gasteiger partial charge in [-0.05, 0) is 12.1 Å². The summed E-state index contributed by atoms with van der Waals surface area (Å²) in [6.45, 7) is 7.30. The van der Waals surface area contributed by atoms with Gasteiger partial charge in [0.1, 0.15) is 28.9 Å². The second kappa shape index (κ2) is 6.68. The molecule has 0 aliphatic carbocycles. The third-order valence-corrected chi connectivity index (χ3v) is 3.10. The summed E-state index contributed by atoms with van der Waals surface area (Å²) in [5.74, 6) is 0.561. The van der Waals surface area contributed by atoms with Crippen molar-refractivity contribution in [2.24, 2.45) is 0 Å². The number of pyridine rings is 2. The zero-order valence-corrected chi connectivity index (χ0v) is 12.1. The molecule has 2 rings (SSSR count). The van der Waals surface area contributed by atoms with Crippen LogP contribution in [0.25, 0.3) is 16.1 Å². The number of aromatic amines is 1. The Bertz CT molecular complexity index is 831. The quantitative estimate of drug-likeness (QED) is 0.589. The zero-order chi connectivity index (χ0) is 16.1. The molecule has 0 radical (unpaired) electrons. The van der Waals surface area contributed by atoms with E-state index in [4.69, 9.17) is 34.4 Å². The van der Waals surface area contributed by atoms with Gasteiger partial charge in [0.15, 0.2) is 0 Å². The molecule has 4 N–H and O–H groups in total. The van der Waals surface area contributed by atoms with Crippen LogP contribution < -0.4 is 10.5 Å². The van der Waals surface area contributed by atoms with Crippen LogP contribution in [0.4, 0.5) is 11.5 Å². The van der Waals surface area contributed by atoms with E-state index in [0.29, 0.717) is 17.0 Å². The Morgan fingerprint density at radius 2 is 2.32 bits per heavy atom. The Kier molecular flexibility index (Phi) is 4.69. The van der Waals surface area contributed by atoms with Gasteiger partial charge in [-0.1, -0.05) is 12.2 Å². The van der Waals surface area contributed by atoms with Crippen LogP contribution in [0.2, 0.25) is 0 Å². The highest BCUT2D eigenvalue weighted by Gasteiger charge is 2.17. The molecule has 0 aliphatic heterocycles. The van der Waals surface area contributed by atoms with E-state index in [1.54, 1.807) is 12.1 Å². The van der Waals surface area contributed by atoms with Crippen molar-refractivity contribution in [1.29, 1.82) is 5.26 Å². The van der Waals surface area contributed by atoms with Crippen molar-refractivity contribution in [2.75, 3.05) is 18.9 Å². The lowest BCUT2D eigenvalue weighted by atomic mass is 10.0. The minimum Gasteiger partial charge on any atom is -0.490 e. The Balaban J connectivity index is 2.60. The summed E-state index contributed by atoms with van der Waals surface area (Å²) in [4.78, 5) is 10.2. The van der Waals surface area contributed by atoms with Gasteiger partial charge < -0.3 is 20.6 Å². The van der Waals surface area contributed by atoms with Crippen LogP contribution in [0.1, 0.15) is 5.56 Å². The number of nitrogens with zero attached hydrogens (tertiary/aromatic N) is 3. The van der Waals surface area contributed by atoms with Crippen LogP contribution in [-0.4, -0.2) is 28.3 Å². The van der Waals surface area contributed by atoms with E-state index in [1.807, 2.05) is 6.07 Å². The van der Waals surface area contributed by atoms with Gasteiger partial charge in [0.2, 0.25) is 5.69 Å². The maximum atomic E-state index is 9.28. The molecule has 8 heteroatoms. The van der Waals surface area contributed by atoms with Crippen molar-refractivity contribution in [3.05, 3.63) is 40.0 Å². The molecule has 0 fully saturated rings. The van der Waals surface area contributed by atoms with Gasteiger partial charge in [-0.25, -0.2) is 4.85 Å². The Labute approximate surface area is 131 Å². The van der Waals surface area contributed by atoms with Crippen molar-refractivity contribution >= 4 is 23.7 Å². The average Bonchev–Trinajstić information content (AvgIpc) is 2.53. The standard InChI is InChI=1S/C14H11N5O2S/c1-17-12-11(9(6-15)14(22)19-13(12)16)10-3-2-8(7-18-10)21-5-4-20/h2-3,7,20H,4-5H2,(H3,16,19,22). The first-order valence-electron chi connectivity index (χ1n) is 6.15. The molecule has 22 heavy (non-hydrogen) atoms. The van der Waals surface area contributed by atoms with Gasteiger partial charge in [-0.15, -0.1) is 0 Å². The number of nitrogens with one attached hydrogen (secondary N) is 1. The summed E-state index contributed by atoms with van der Waals surface area (Å²) in [5, 5.41) is 18.0. The first-order chi connectivity index (χ1) is 10.6. The molecule has 2 aromatic heterocycles. The van der Waals surface area contributed by atoms with E-state index in [-0.39, 0.29) is 34.9 Å². The number of anilines is 1. The topological polar surface area (TPSA) is 112 Å². The zero-order valence-electron chi connectivity index (χ0n) is 11.3. The Hall–Kier alpha value is -2.94. The molecule has 110 valence electrons. The number of aliphatic hydroxyl groups excluding tert-OH is 1. The van der Waals surface area contributed by atoms with Gasteiger partial charge in [0.05, 0.1) is 30.6 Å². The third kappa shape index (κ3) is 2.88. The van der Waals surface area contributed by atoms with Crippen LogP contribution >= 0.6 is 12.2 Å². The first kappa shape index (κ1) is 15.4. The van der Waals surface area contributed by atoms with Crippen molar-refractivity contribution in [3.63, 3.8) is 0 Å². The molecule has 0 bridgehead atoms. The third-order valence-electron chi connectivity index (χ3n) is 2.79. The van der Waals surface area contributed by atoms with Gasteiger partial charge >= 0.3 is 0 Å². The molecule has 2 heterocycles. The number of hydrogen-bond donors (Lipinski definition) is 3. The molecule has 0 aliphatic rings. The van der Waals surface area contributed by atoms with Crippen LogP contribution in [0.3, 0.4) is 0 Å². The lowest BCUT2D eigenvalue weighted by Gasteiger charge is -2.10. The molecular weight excluding hydrogens is 302 g/mol. The fourth-order valence-electron chi connectivity index (χ4n) is 1.86. The van der Waals surface area contributed by atoms with Crippen molar-refractivity contribution in [3.8, 4) is 23.1 Å². The van der Waals surface area contributed by atoms with Crippen molar-refractivity contribution in [1.82, 2.24) is 9.97 Å². The fourth-order valence-corrected chi connectivity index (χ4v) is 2.12. The van der Waals surface area contributed by atoms with E-state index in [0.717, 1.165) is 0 Å². The second-order valence-corrected chi connectivity index (χ2v) is 4.55. The lowest BCUT2D eigenvalue weighted by Crippen LogP contribution is -2.02. The number of ether oxygens (including phenoxy) is 1. The highest BCUT2D eigenvalue weighted by molar-refractivity contribution is 7.71. The second-order valence-electron chi connectivity index (χ2n) is 4.14. The summed E-state index contributed by atoms with van der Waals surface area (Å²) in [6.07, 6.45) is 1.44. The molecule has 0 spiro atoms. The van der Waals surface area contributed by atoms with Crippen LogP contribution in [0, 0.1) is 22.5 Å². The number of H-pyrrole nitrogens is 1. The number of nitriles is 1. The van der Waals surface area contributed by atoms with Gasteiger partial charge in [-0.3, -0.25) is 4.98 Å². The van der Waals surface area contributed by atoms with Crippen molar-refractivity contribution in [2.45, 2.75) is 0 Å². The first-order valence-corrected chi connectivity index (χ1v) is 6.56. The lowest BCUT2D eigenvalue weighted by molar-refractivity contribution is 0.201. The number of hydrogen-bond acceptors (Lipinski definition) is 6. The minimum absolute atomic E-state index is 0.0939. The molecule has 0 unspecified atom stereocenters. The number of nitrogens with two attached hydrogens (primary N) is 1. The summed E-state index contributed by atoms with van der Waals surface area (Å²) in [7, 11) is 0. The van der Waals surface area contributed by atoms with Gasteiger partial charge in [-0.2, -0.15) is 5.26 Å². The molecule has 0 atom stereocenters. The summed E-state index contributed by atoms with van der Waals surface area (Å²) >= 11 is 5.08. The SMILES string of the molecule is [C-]#[N+]c1c(N)[nH]c(=S)c(C#N)c1-c1ccc(OCCO)cn1. The molecule has 0 aromatic carbocycles. The molecule has 0 saturated carbocycles. The Morgan fingerprint density at radius 1 is 1.55 bits per heavy atom. The predicted molar refractivity (Wildman–Crippen MR) is 82.8 cm³/mol. The fraction of sp³-hybridized carbons (Fsp3) is 0.143. The van der Waals surface area contributed by atoms with Crippen LogP contribution in [-0.2, 0) is 0 Å². The van der Waals surface area contributed by atoms with Crippen molar-refractivity contribution < 1.29 is 9.84 Å². The largest absolute Gasteiger partial charge is 0.490 e. The smallest absolute Gasteiger partial charge is 0.236 e. The number of aromatic nitrogens is 2. The molecule has 0 saturated heterocycles. The monoisotopic (exact) mass is 313 g/mol. The maximum Gasteiger partial charge on any atom is 0.236 e. The van der Waals surface area contributed by atoms with Gasteiger partial charge in [0.25, 0.3) is 0 Å². The highest BCUT2D eigenvalue weighted by Crippen LogP contribution is 2.36. The van der Waals surface area contributed by atoms with Crippen LogP contribution in [0.5, 0.6) is 5.75 Å². The minimum atomic E-state index is -0.105. The van der Waals surface area contributed by atoms with E-state index in [9.17, 15) is 5.26 Å². The maximum absolute atomic E-state index is 9.28. The molecule has 2 aromatic rings. The number of aliphatic hydroxyl groups is 1. The summed E-state index contributed by atoms with van der Waals surface area (Å²) < 4.78 is 5.37.